The van der Waals surface area contributed by atoms with E-state index >= 15 is 0 Å². The van der Waals surface area contributed by atoms with Crippen LogP contribution in [0.4, 0.5) is 0 Å². The molecule has 2 nitrogen and oxygen atoms in total. The minimum atomic E-state index is -0.0126. The van der Waals surface area contributed by atoms with E-state index in [1.54, 1.807) is 0 Å². The summed E-state index contributed by atoms with van der Waals surface area (Å²) in [7, 11) is 0. The van der Waals surface area contributed by atoms with Gasteiger partial charge < -0.3 is 4.74 Å². The second kappa shape index (κ2) is 2.16. The fourth-order valence-corrected chi connectivity index (χ4v) is 3.27. The van der Waals surface area contributed by atoms with Crippen LogP contribution in [-0.4, -0.2) is 12.6 Å². The summed E-state index contributed by atoms with van der Waals surface area (Å²) in [5.74, 6) is 0.479. The molecule has 1 aromatic rings. The topological polar surface area (TPSA) is 26.3 Å². The smallest absolute Gasteiger partial charge is 0.310 e. The fourth-order valence-electron chi connectivity index (χ4n) is 3.27. The highest BCUT2D eigenvalue weighted by Gasteiger charge is 2.74. The van der Waals surface area contributed by atoms with Crippen molar-refractivity contribution in [2.45, 2.75) is 5.41 Å². The minimum Gasteiger partial charge on any atom is -0.464 e. The van der Waals surface area contributed by atoms with Gasteiger partial charge in [-0.15, -0.1) is 0 Å². The van der Waals surface area contributed by atoms with Gasteiger partial charge in [-0.2, -0.15) is 0 Å². The van der Waals surface area contributed by atoms with Crippen molar-refractivity contribution in [1.82, 2.24) is 0 Å². The number of hydrogen-bond acceptors (Lipinski definition) is 2. The van der Waals surface area contributed by atoms with Crippen LogP contribution in [0.15, 0.2) is 30.3 Å². The average Bonchev–Trinajstić information content (AvgIpc) is 2.85. The summed E-state index contributed by atoms with van der Waals surface area (Å²) in [4.78, 5) is 11.5. The lowest BCUT2D eigenvalue weighted by molar-refractivity contribution is -0.141. The summed E-state index contributed by atoms with van der Waals surface area (Å²) >= 11 is 0. The molecule has 1 spiro atoms. The van der Waals surface area contributed by atoms with Crippen LogP contribution in [0.3, 0.4) is 0 Å². The zero-order valence-corrected chi connectivity index (χ0v) is 8.14. The predicted octanol–water partition coefficient (Wildman–Crippen LogP) is 1.75. The van der Waals surface area contributed by atoms with Crippen molar-refractivity contribution in [1.29, 1.82) is 0 Å². The van der Waals surface area contributed by atoms with E-state index in [2.05, 4.69) is 24.3 Å². The molecule has 0 amide bonds. The molecule has 0 radical (unpaired) electrons. The van der Waals surface area contributed by atoms with Gasteiger partial charge in [-0.25, -0.2) is 0 Å². The van der Waals surface area contributed by atoms with Crippen molar-refractivity contribution < 1.29 is 9.53 Å². The maximum Gasteiger partial charge on any atom is 0.310 e. The molecule has 1 saturated heterocycles. The standard InChI is InChI=1S/C13H10O2/c14-12-11-10-6-5-8-3-1-2-4-9(8)13(10,11)7-15-12/h1-6,10-11H,7H2/t10-,11-,13?/m0/s1. The van der Waals surface area contributed by atoms with E-state index in [1.165, 1.54) is 11.1 Å². The Bertz CT molecular complexity index is 503. The Morgan fingerprint density at radius 1 is 1.33 bits per heavy atom. The second-order valence-electron chi connectivity index (χ2n) is 4.60. The molecule has 0 N–H and O–H groups in total. The summed E-state index contributed by atoms with van der Waals surface area (Å²) in [6, 6.07) is 8.32. The third kappa shape index (κ3) is 0.685. The maximum atomic E-state index is 11.5. The number of benzene rings is 1. The van der Waals surface area contributed by atoms with Gasteiger partial charge in [0.05, 0.1) is 11.3 Å². The van der Waals surface area contributed by atoms with E-state index < -0.39 is 0 Å². The van der Waals surface area contributed by atoms with Crippen LogP contribution in [0.5, 0.6) is 0 Å². The molecular weight excluding hydrogens is 188 g/mol. The summed E-state index contributed by atoms with van der Waals surface area (Å²) in [5.41, 5.74) is 2.55. The zero-order valence-electron chi connectivity index (χ0n) is 8.14. The highest BCUT2D eigenvalue weighted by Crippen LogP contribution is 2.67. The number of hydrogen-bond donors (Lipinski definition) is 0. The van der Waals surface area contributed by atoms with Gasteiger partial charge in [0.15, 0.2) is 0 Å². The van der Waals surface area contributed by atoms with Gasteiger partial charge >= 0.3 is 5.97 Å². The highest BCUT2D eigenvalue weighted by molar-refractivity contribution is 5.87. The number of allylic oxidation sites excluding steroid dienone is 1. The first-order valence-corrected chi connectivity index (χ1v) is 5.28. The Balaban J connectivity index is 1.97. The van der Waals surface area contributed by atoms with Gasteiger partial charge in [-0.3, -0.25) is 4.79 Å². The molecule has 1 aromatic carbocycles. The zero-order chi connectivity index (χ0) is 10.0. The number of rotatable bonds is 0. The maximum absolute atomic E-state index is 11.5. The summed E-state index contributed by atoms with van der Waals surface area (Å²) in [6.07, 6.45) is 4.31. The van der Waals surface area contributed by atoms with Crippen molar-refractivity contribution in [2.75, 3.05) is 6.61 Å². The fraction of sp³-hybridized carbons (Fsp3) is 0.308. The van der Waals surface area contributed by atoms with E-state index in [4.69, 9.17) is 4.74 Å². The molecule has 3 aliphatic rings. The summed E-state index contributed by atoms with van der Waals surface area (Å²) in [5, 5.41) is 0. The van der Waals surface area contributed by atoms with Crippen molar-refractivity contribution in [3.05, 3.63) is 41.5 Å². The first kappa shape index (κ1) is 7.69. The van der Waals surface area contributed by atoms with E-state index in [-0.39, 0.29) is 17.3 Å². The molecule has 1 unspecified atom stereocenters. The second-order valence-corrected chi connectivity index (χ2v) is 4.60. The van der Waals surface area contributed by atoms with Crippen LogP contribution in [0.1, 0.15) is 11.1 Å². The molecule has 15 heavy (non-hydrogen) atoms. The van der Waals surface area contributed by atoms with Crippen molar-refractivity contribution in [2.24, 2.45) is 11.8 Å². The van der Waals surface area contributed by atoms with Gasteiger partial charge in [0, 0.05) is 5.92 Å². The van der Waals surface area contributed by atoms with Crippen LogP contribution in [-0.2, 0) is 14.9 Å². The summed E-state index contributed by atoms with van der Waals surface area (Å²) < 4.78 is 5.16. The molecule has 0 bridgehead atoms. The lowest BCUT2D eigenvalue weighted by atomic mass is 9.86. The first-order valence-electron chi connectivity index (χ1n) is 5.28. The number of fused-ring (bicyclic) bond motifs is 2. The number of esters is 1. The van der Waals surface area contributed by atoms with Crippen LogP contribution < -0.4 is 0 Å². The first-order chi connectivity index (χ1) is 7.34. The van der Waals surface area contributed by atoms with Gasteiger partial charge in [-0.05, 0) is 11.1 Å². The normalized spacial score (nSPS) is 39.1. The molecule has 0 aromatic heterocycles. The number of ether oxygens (including phenoxy) is 1. The molecular formula is C13H10O2. The molecule has 74 valence electrons. The van der Waals surface area contributed by atoms with Crippen LogP contribution in [0, 0.1) is 11.8 Å². The Hall–Kier alpha value is -1.57. The molecule has 2 heteroatoms. The van der Waals surface area contributed by atoms with E-state index in [1.807, 2.05) is 12.1 Å². The van der Waals surface area contributed by atoms with Crippen molar-refractivity contribution in [3.63, 3.8) is 0 Å². The van der Waals surface area contributed by atoms with Crippen molar-refractivity contribution >= 4 is 12.0 Å². The monoisotopic (exact) mass is 198 g/mol. The number of cyclic esters (lactones) is 1. The highest BCUT2D eigenvalue weighted by atomic mass is 16.5. The lowest BCUT2D eigenvalue weighted by Crippen LogP contribution is -2.18. The van der Waals surface area contributed by atoms with Gasteiger partial charge in [0.1, 0.15) is 6.61 Å². The molecule has 4 rings (SSSR count). The quantitative estimate of drug-likeness (QED) is 0.594. The van der Waals surface area contributed by atoms with E-state index in [9.17, 15) is 4.79 Å². The molecule has 1 aliphatic heterocycles. The Labute approximate surface area is 87.6 Å². The Kier molecular flexibility index (Phi) is 1.11. The molecule has 2 fully saturated rings. The van der Waals surface area contributed by atoms with Crippen LogP contribution in [0.25, 0.3) is 6.08 Å². The van der Waals surface area contributed by atoms with E-state index in [0.717, 1.165) is 0 Å². The van der Waals surface area contributed by atoms with Crippen molar-refractivity contribution in [3.8, 4) is 0 Å². The van der Waals surface area contributed by atoms with Crippen LogP contribution in [0.2, 0.25) is 0 Å². The Morgan fingerprint density at radius 3 is 3.13 bits per heavy atom. The lowest BCUT2D eigenvalue weighted by Gasteiger charge is -2.19. The average molecular weight is 198 g/mol. The molecule has 1 saturated carbocycles. The molecule has 1 heterocycles. The number of carbonyl (C=O) groups is 1. The predicted molar refractivity (Wildman–Crippen MR) is 55.1 cm³/mol. The largest absolute Gasteiger partial charge is 0.464 e. The molecule has 3 atom stereocenters. The van der Waals surface area contributed by atoms with Gasteiger partial charge in [0.2, 0.25) is 0 Å². The Morgan fingerprint density at radius 2 is 2.20 bits per heavy atom. The number of carbonyl (C=O) groups excluding carboxylic acids is 1. The molecule has 2 aliphatic carbocycles. The van der Waals surface area contributed by atoms with E-state index in [0.29, 0.717) is 12.5 Å². The van der Waals surface area contributed by atoms with Gasteiger partial charge in [-0.1, -0.05) is 36.4 Å². The van der Waals surface area contributed by atoms with Gasteiger partial charge in [0.25, 0.3) is 0 Å². The third-order valence-corrected chi connectivity index (χ3v) is 4.05. The third-order valence-electron chi connectivity index (χ3n) is 4.05. The SMILES string of the molecule is O=C1OCC23c4ccccc4C=C[C@H]2[C@@H]13. The summed E-state index contributed by atoms with van der Waals surface area (Å²) in [6.45, 7) is 0.572. The minimum absolute atomic E-state index is 0.00241. The van der Waals surface area contributed by atoms with Crippen LogP contribution >= 0.6 is 0 Å².